The monoisotopic (exact) mass is 1600 g/mol. The molecular formula is C98H108O20. The number of fused-ring (bicyclic) bond motifs is 4. The van der Waals surface area contributed by atoms with E-state index in [4.69, 9.17) is 94.7 Å². The highest BCUT2D eigenvalue weighted by Crippen LogP contribution is 2.39. The molecule has 0 amide bonds. The number of ether oxygens (including phenoxy) is 20. The molecule has 0 bridgehead atoms. The molecule has 20 heteroatoms. The van der Waals surface area contributed by atoms with Gasteiger partial charge in [0.1, 0.15) is 98.9 Å². The summed E-state index contributed by atoms with van der Waals surface area (Å²) in [5, 5.41) is 9.28. The normalized spacial score (nSPS) is 11.4. The molecule has 0 saturated carbocycles. The van der Waals surface area contributed by atoms with Crippen molar-refractivity contribution in [1.29, 1.82) is 0 Å². The second-order valence-corrected chi connectivity index (χ2v) is 27.0. The van der Waals surface area contributed by atoms with E-state index < -0.39 is 0 Å². The molecule has 0 fully saturated rings. The standard InChI is InChI=1S/C98H108O20/c1-5-13-85-73-93(37-17-77(85)9-1)115-69-61-107-53-45-99-41-49-103-57-65-111-89-29-21-81(22-30-89)97(82-23-31-90(32-24-82)112-66-58-104-50-42-100-46-54-108-62-70-116-94-38-18-78-10-2-6-14-86(78)74-94)98(83-25-33-91(34-26-83)113-67-59-105-51-43-101-47-55-109-63-71-117-95-39-19-79-11-3-7-15-87(79)75-95)84-27-35-92(36-28-84)114-68-60-106-52-44-102-48-56-110-64-72-118-96-40-20-80-12-4-8-16-88(80)76-96/h1-40,73-76H,41-72H2. The van der Waals surface area contributed by atoms with E-state index >= 15 is 0 Å². The Morgan fingerprint density at radius 1 is 0.127 bits per heavy atom. The second-order valence-electron chi connectivity index (χ2n) is 27.0. The lowest BCUT2D eigenvalue weighted by atomic mass is 9.85. The molecule has 0 aliphatic carbocycles. The zero-order valence-corrected chi connectivity index (χ0v) is 67.2. The van der Waals surface area contributed by atoms with E-state index in [0.717, 1.165) is 77.9 Å². The zero-order valence-electron chi connectivity index (χ0n) is 67.2. The van der Waals surface area contributed by atoms with Crippen LogP contribution in [0.4, 0.5) is 0 Å². The third kappa shape index (κ3) is 30.7. The molecule has 12 aromatic rings. The summed E-state index contributed by atoms with van der Waals surface area (Å²) in [4.78, 5) is 0. The van der Waals surface area contributed by atoms with E-state index in [0.29, 0.717) is 234 Å². The van der Waals surface area contributed by atoms with Crippen LogP contribution in [0.3, 0.4) is 0 Å². The van der Waals surface area contributed by atoms with Gasteiger partial charge in [0.25, 0.3) is 0 Å². The molecule has 20 nitrogen and oxygen atoms in total. The van der Waals surface area contributed by atoms with Crippen molar-refractivity contribution >= 4 is 54.2 Å². The van der Waals surface area contributed by atoms with Gasteiger partial charge in [0.05, 0.1) is 159 Å². The number of hydrogen-bond donors (Lipinski definition) is 0. The Bertz CT molecular complexity index is 4220. The fourth-order valence-electron chi connectivity index (χ4n) is 12.7. The first kappa shape index (κ1) is 86.7. The summed E-state index contributed by atoms with van der Waals surface area (Å²) >= 11 is 0. The molecule has 0 aromatic heterocycles. The van der Waals surface area contributed by atoms with E-state index in [9.17, 15) is 0 Å². The highest BCUT2D eigenvalue weighted by molar-refractivity contribution is 6.05. The highest BCUT2D eigenvalue weighted by Gasteiger charge is 2.19. The molecule has 0 spiro atoms. The van der Waals surface area contributed by atoms with Gasteiger partial charge >= 0.3 is 0 Å². The molecule has 0 atom stereocenters. The third-order valence-corrected chi connectivity index (χ3v) is 18.7. The Morgan fingerprint density at radius 3 is 0.432 bits per heavy atom. The lowest BCUT2D eigenvalue weighted by Gasteiger charge is -2.19. The summed E-state index contributed by atoms with van der Waals surface area (Å²) in [7, 11) is 0. The van der Waals surface area contributed by atoms with Crippen molar-refractivity contribution in [3.8, 4) is 46.0 Å². The van der Waals surface area contributed by atoms with Crippen LogP contribution in [-0.4, -0.2) is 211 Å². The minimum atomic E-state index is 0.349. The summed E-state index contributed by atoms with van der Waals surface area (Å²) in [6.07, 6.45) is 0. The minimum Gasteiger partial charge on any atom is -0.491 e. The molecule has 0 N–H and O–H groups in total. The van der Waals surface area contributed by atoms with Crippen molar-refractivity contribution in [2.24, 2.45) is 0 Å². The van der Waals surface area contributed by atoms with Gasteiger partial charge in [0.15, 0.2) is 0 Å². The Hall–Kier alpha value is -10.7. The van der Waals surface area contributed by atoms with Gasteiger partial charge < -0.3 is 94.7 Å². The van der Waals surface area contributed by atoms with E-state index in [1.807, 2.05) is 146 Å². The highest BCUT2D eigenvalue weighted by atomic mass is 16.6. The maximum Gasteiger partial charge on any atom is 0.120 e. The van der Waals surface area contributed by atoms with Crippen molar-refractivity contribution in [3.05, 3.63) is 289 Å². The van der Waals surface area contributed by atoms with Crippen LogP contribution in [0.5, 0.6) is 46.0 Å². The summed E-state index contributed by atoms with van der Waals surface area (Å²) < 4.78 is 118. The van der Waals surface area contributed by atoms with Gasteiger partial charge in [-0.3, -0.25) is 0 Å². The van der Waals surface area contributed by atoms with Crippen molar-refractivity contribution < 1.29 is 94.7 Å². The summed E-state index contributed by atoms with van der Waals surface area (Å²) in [6.45, 7) is 13.6. The lowest BCUT2D eigenvalue weighted by molar-refractivity contribution is 0.00499. The number of hydrogen-bond acceptors (Lipinski definition) is 20. The molecule has 0 unspecified atom stereocenters. The zero-order chi connectivity index (χ0) is 80.6. The molecule has 0 heterocycles. The minimum absolute atomic E-state index is 0.349. The Labute approximate surface area is 692 Å². The van der Waals surface area contributed by atoms with E-state index in [2.05, 4.69) is 121 Å². The van der Waals surface area contributed by atoms with Crippen LogP contribution in [0.2, 0.25) is 0 Å². The molecule has 0 aliphatic rings. The van der Waals surface area contributed by atoms with Crippen molar-refractivity contribution in [3.63, 3.8) is 0 Å². The summed E-state index contributed by atoms with van der Waals surface area (Å²) in [5.41, 5.74) is 5.73. The molecule has 0 saturated heterocycles. The molecule has 620 valence electrons. The molecular weight excluding hydrogens is 1500 g/mol. The fraction of sp³-hybridized carbons (Fsp3) is 0.327. The first-order valence-corrected chi connectivity index (χ1v) is 40.7. The van der Waals surface area contributed by atoms with Crippen LogP contribution >= 0.6 is 0 Å². The first-order chi connectivity index (χ1) is 58.6. The molecule has 118 heavy (non-hydrogen) atoms. The fourth-order valence-corrected chi connectivity index (χ4v) is 12.7. The quantitative estimate of drug-likeness (QED) is 0.0259. The van der Waals surface area contributed by atoms with Crippen LogP contribution in [0.15, 0.2) is 267 Å². The average molecular weight is 1610 g/mol. The van der Waals surface area contributed by atoms with Gasteiger partial charge in [0.2, 0.25) is 0 Å². The van der Waals surface area contributed by atoms with Crippen molar-refractivity contribution in [1.82, 2.24) is 0 Å². The van der Waals surface area contributed by atoms with Crippen LogP contribution in [-0.2, 0) is 56.8 Å². The third-order valence-electron chi connectivity index (χ3n) is 18.7. The lowest BCUT2D eigenvalue weighted by Crippen LogP contribution is -2.14. The number of rotatable bonds is 60. The molecule has 0 radical (unpaired) electrons. The topological polar surface area (TPSA) is 185 Å². The maximum absolute atomic E-state index is 6.25. The SMILES string of the molecule is c1ccc2cc(OCCOCCOCCOCCOc3ccc(C(=C(c4ccc(OCCOCCOCCOCCOc5ccc6ccccc6c5)cc4)c4ccc(OCCOCCOCCOCCOc5ccc6ccccc6c5)cc4)c4ccc(OCCOCCOCCOCCOc5ccc6ccccc6c5)cc4)cc3)ccc2c1. The molecule has 0 aliphatic heterocycles. The van der Waals surface area contributed by atoms with Gasteiger partial charge in [0, 0.05) is 0 Å². The Balaban J connectivity index is 0.621. The summed E-state index contributed by atoms with van der Waals surface area (Å²) in [5.74, 6) is 6.08. The maximum atomic E-state index is 6.25. The van der Waals surface area contributed by atoms with E-state index in [-0.39, 0.29) is 0 Å². The van der Waals surface area contributed by atoms with Crippen molar-refractivity contribution in [2.75, 3.05) is 211 Å². The van der Waals surface area contributed by atoms with Crippen molar-refractivity contribution in [2.45, 2.75) is 0 Å². The van der Waals surface area contributed by atoms with Crippen LogP contribution in [0.1, 0.15) is 22.3 Å². The second kappa shape index (κ2) is 51.5. The van der Waals surface area contributed by atoms with Gasteiger partial charge in [-0.25, -0.2) is 0 Å². The Morgan fingerprint density at radius 2 is 0.263 bits per heavy atom. The summed E-state index contributed by atoms with van der Waals surface area (Å²) in [6, 6.07) is 89.8. The Kier molecular flexibility index (Phi) is 37.8. The predicted molar refractivity (Wildman–Crippen MR) is 460 cm³/mol. The van der Waals surface area contributed by atoms with E-state index in [1.165, 1.54) is 21.5 Å². The van der Waals surface area contributed by atoms with Crippen LogP contribution < -0.4 is 37.9 Å². The average Bonchev–Trinajstić information content (AvgIpc) is 0.777. The van der Waals surface area contributed by atoms with E-state index in [1.54, 1.807) is 0 Å². The van der Waals surface area contributed by atoms with Gasteiger partial charge in [-0.1, -0.05) is 170 Å². The van der Waals surface area contributed by atoms with Crippen LogP contribution in [0.25, 0.3) is 54.2 Å². The van der Waals surface area contributed by atoms with Gasteiger partial charge in [-0.2, -0.15) is 0 Å². The number of benzene rings is 12. The molecule has 12 rings (SSSR count). The molecule has 12 aromatic carbocycles. The smallest absolute Gasteiger partial charge is 0.120 e. The largest absolute Gasteiger partial charge is 0.491 e. The first-order valence-electron chi connectivity index (χ1n) is 40.7. The van der Waals surface area contributed by atoms with Crippen LogP contribution in [0, 0.1) is 0 Å². The van der Waals surface area contributed by atoms with Gasteiger partial charge in [-0.05, 0) is 174 Å². The predicted octanol–water partition coefficient (Wildman–Crippen LogP) is 17.3. The van der Waals surface area contributed by atoms with Gasteiger partial charge in [-0.15, -0.1) is 0 Å².